The van der Waals surface area contributed by atoms with Crippen LogP contribution in [0.4, 0.5) is 4.79 Å². The first kappa shape index (κ1) is 33.8. The number of carboxylic acids is 1. The Morgan fingerprint density at radius 1 is 1.10 bits per heavy atom. The van der Waals surface area contributed by atoms with Crippen LogP contribution in [0.3, 0.4) is 0 Å². The van der Waals surface area contributed by atoms with E-state index in [1.165, 1.54) is 11.8 Å². The summed E-state index contributed by atoms with van der Waals surface area (Å²) in [5.41, 5.74) is 3.38. The second-order valence-electron chi connectivity index (χ2n) is 10.8. The monoisotopic (exact) mass is 562 g/mol. The standard InChI is InChI=1S/C30H40N2O6S.Li/c1-20-8-6-7-9-23(20)25-18-21(10-11-24(25)27(33)31-26(28(34)35)14-17-39-5)19-37-22-12-15-32(16-13-22)29(36)38-30(2,3)4;/h6-11,18,22,26H,12-17,19H2,1-5H3,(H,31,33)(H,34,35);/q;+1/p-1/t26-;/m0./s1. The molecule has 0 radical (unpaired) electrons. The third-order valence-electron chi connectivity index (χ3n) is 6.54. The van der Waals surface area contributed by atoms with Gasteiger partial charge in [0.1, 0.15) is 5.60 Å². The number of thioether (sulfide) groups is 1. The number of aryl methyl sites for hydroxylation is 1. The van der Waals surface area contributed by atoms with Crippen molar-refractivity contribution >= 4 is 29.7 Å². The number of carbonyl (C=O) groups is 3. The average molecular weight is 563 g/mol. The SMILES string of the molecule is CSCC[C@H](NC(=O)c1ccc(COC2CCN(C(=O)OC(C)(C)C)CC2)cc1-c1ccccc1C)C(=O)[O-].[Li+]. The number of amides is 2. The number of piperidine rings is 1. The van der Waals surface area contributed by atoms with Gasteiger partial charge in [-0.3, -0.25) is 4.79 Å². The molecule has 1 atom stereocenters. The maximum Gasteiger partial charge on any atom is 1.00 e. The Balaban J connectivity index is 0.00000560. The van der Waals surface area contributed by atoms with Gasteiger partial charge in [-0.25, -0.2) is 4.79 Å². The van der Waals surface area contributed by atoms with Gasteiger partial charge in [-0.05, 0) is 93.4 Å². The van der Waals surface area contributed by atoms with Crippen molar-refractivity contribution in [2.45, 2.75) is 71.3 Å². The van der Waals surface area contributed by atoms with Gasteiger partial charge < -0.3 is 29.6 Å². The molecule has 1 aliphatic heterocycles. The van der Waals surface area contributed by atoms with Crippen LogP contribution in [0.1, 0.15) is 61.5 Å². The van der Waals surface area contributed by atoms with E-state index in [-0.39, 0.29) is 37.5 Å². The molecule has 0 spiro atoms. The largest absolute Gasteiger partial charge is 1.00 e. The number of nitrogens with one attached hydrogen (secondary N) is 1. The van der Waals surface area contributed by atoms with Gasteiger partial charge in [0.25, 0.3) is 5.91 Å². The number of hydrogen-bond acceptors (Lipinski definition) is 7. The van der Waals surface area contributed by atoms with Crippen LogP contribution in [-0.2, 0) is 20.9 Å². The Labute approximate surface area is 253 Å². The summed E-state index contributed by atoms with van der Waals surface area (Å²) in [4.78, 5) is 38.9. The molecule has 40 heavy (non-hydrogen) atoms. The summed E-state index contributed by atoms with van der Waals surface area (Å²) in [7, 11) is 0. The second-order valence-corrected chi connectivity index (χ2v) is 11.8. The van der Waals surface area contributed by atoms with Crippen LogP contribution >= 0.6 is 11.8 Å². The molecular formula is C30H39LiN2O6S. The molecule has 0 aliphatic carbocycles. The number of hydrogen-bond donors (Lipinski definition) is 1. The van der Waals surface area contributed by atoms with E-state index < -0.39 is 23.5 Å². The first-order valence-electron chi connectivity index (χ1n) is 13.3. The number of carboxylic acid groups (broad SMARTS) is 1. The van der Waals surface area contributed by atoms with E-state index in [1.807, 2.05) is 70.3 Å². The normalized spacial score (nSPS) is 14.7. The molecule has 1 saturated heterocycles. The van der Waals surface area contributed by atoms with Gasteiger partial charge in [0.2, 0.25) is 0 Å². The maximum atomic E-state index is 13.2. The fraction of sp³-hybridized carbons (Fsp3) is 0.500. The van der Waals surface area contributed by atoms with Gasteiger partial charge in [0.05, 0.1) is 24.7 Å². The second kappa shape index (κ2) is 15.5. The van der Waals surface area contributed by atoms with Gasteiger partial charge >= 0.3 is 25.0 Å². The molecule has 3 rings (SSSR count). The van der Waals surface area contributed by atoms with E-state index in [9.17, 15) is 19.5 Å². The minimum atomic E-state index is -1.29. The quantitative estimate of drug-likeness (QED) is 0.434. The number of benzene rings is 2. The molecule has 0 bridgehead atoms. The Morgan fingerprint density at radius 2 is 1.77 bits per heavy atom. The van der Waals surface area contributed by atoms with Crippen LogP contribution < -0.4 is 29.3 Å². The minimum absolute atomic E-state index is 0. The molecule has 1 heterocycles. The van der Waals surface area contributed by atoms with Gasteiger partial charge in [-0.2, -0.15) is 11.8 Å². The molecular weight excluding hydrogens is 523 g/mol. The zero-order valence-electron chi connectivity index (χ0n) is 24.5. The fourth-order valence-electron chi connectivity index (χ4n) is 4.44. The van der Waals surface area contributed by atoms with E-state index in [0.717, 1.165) is 16.7 Å². The summed E-state index contributed by atoms with van der Waals surface area (Å²) in [5, 5.41) is 14.2. The molecule has 0 saturated carbocycles. The van der Waals surface area contributed by atoms with Crippen LogP contribution in [0.25, 0.3) is 11.1 Å². The number of nitrogens with zero attached hydrogens (tertiary/aromatic N) is 1. The molecule has 212 valence electrons. The number of likely N-dealkylation sites (tertiary alicyclic amines) is 1. The van der Waals surface area contributed by atoms with Gasteiger partial charge in [-0.15, -0.1) is 0 Å². The van der Waals surface area contributed by atoms with Crippen molar-refractivity contribution in [3.63, 3.8) is 0 Å². The Morgan fingerprint density at radius 3 is 2.38 bits per heavy atom. The minimum Gasteiger partial charge on any atom is -0.548 e. The van der Waals surface area contributed by atoms with Gasteiger partial charge in [0.15, 0.2) is 0 Å². The predicted octanol–water partition coefficient (Wildman–Crippen LogP) is 1.18. The van der Waals surface area contributed by atoms with Crippen molar-refractivity contribution < 1.29 is 47.8 Å². The fourth-order valence-corrected chi connectivity index (χ4v) is 4.91. The summed E-state index contributed by atoms with van der Waals surface area (Å²) in [6.45, 7) is 9.04. The van der Waals surface area contributed by atoms with Crippen LogP contribution in [0, 0.1) is 6.92 Å². The number of ether oxygens (including phenoxy) is 2. The Bertz CT molecular complexity index is 1160. The molecule has 1 aliphatic rings. The van der Waals surface area contributed by atoms with Crippen LogP contribution in [0.15, 0.2) is 42.5 Å². The first-order chi connectivity index (χ1) is 18.5. The van der Waals surface area contributed by atoms with Crippen molar-refractivity contribution in [1.29, 1.82) is 0 Å². The molecule has 2 amide bonds. The third kappa shape index (κ3) is 9.88. The number of rotatable bonds is 10. The van der Waals surface area contributed by atoms with Crippen molar-refractivity contribution in [2.24, 2.45) is 0 Å². The van der Waals surface area contributed by atoms with E-state index in [4.69, 9.17) is 9.47 Å². The molecule has 8 nitrogen and oxygen atoms in total. The van der Waals surface area contributed by atoms with Crippen LogP contribution in [0.5, 0.6) is 0 Å². The molecule has 2 aromatic rings. The summed E-state index contributed by atoms with van der Waals surface area (Å²) in [6, 6.07) is 12.2. The van der Waals surface area contributed by atoms with E-state index in [0.29, 0.717) is 49.4 Å². The van der Waals surface area contributed by atoms with Gasteiger partial charge in [0, 0.05) is 18.7 Å². The van der Waals surface area contributed by atoms with E-state index in [1.54, 1.807) is 11.0 Å². The first-order valence-corrected chi connectivity index (χ1v) is 14.7. The molecule has 1 N–H and O–H groups in total. The predicted molar refractivity (Wildman–Crippen MR) is 151 cm³/mol. The van der Waals surface area contributed by atoms with Crippen LogP contribution in [-0.4, -0.2) is 65.7 Å². The summed E-state index contributed by atoms with van der Waals surface area (Å²) in [6.07, 6.45) is 3.31. The van der Waals surface area contributed by atoms with E-state index in [2.05, 4.69) is 5.32 Å². The van der Waals surface area contributed by atoms with Crippen molar-refractivity contribution in [2.75, 3.05) is 25.1 Å². The number of aliphatic carboxylic acids is 1. The van der Waals surface area contributed by atoms with Crippen LogP contribution in [0.2, 0.25) is 0 Å². The molecule has 0 unspecified atom stereocenters. The molecule has 0 aromatic heterocycles. The molecule has 10 heteroatoms. The molecule has 1 fully saturated rings. The van der Waals surface area contributed by atoms with Crippen molar-refractivity contribution in [1.82, 2.24) is 10.2 Å². The zero-order valence-corrected chi connectivity index (χ0v) is 25.3. The Hall–Kier alpha value is -2.44. The van der Waals surface area contributed by atoms with Gasteiger partial charge in [-0.1, -0.05) is 30.3 Å². The zero-order chi connectivity index (χ0) is 28.6. The van der Waals surface area contributed by atoms with E-state index >= 15 is 0 Å². The smallest absolute Gasteiger partial charge is 0.548 e. The maximum absolute atomic E-state index is 13.2. The third-order valence-corrected chi connectivity index (χ3v) is 7.19. The summed E-state index contributed by atoms with van der Waals surface area (Å²) < 4.78 is 11.7. The average Bonchev–Trinajstić information content (AvgIpc) is 2.89. The number of carbonyl (C=O) groups excluding carboxylic acids is 3. The van der Waals surface area contributed by atoms with Crippen molar-refractivity contribution in [3.05, 3.63) is 59.2 Å². The Kier molecular flexibility index (Phi) is 13.1. The molecule has 2 aromatic carbocycles. The van der Waals surface area contributed by atoms with Crippen molar-refractivity contribution in [3.8, 4) is 11.1 Å². The topological polar surface area (TPSA) is 108 Å². The summed E-state index contributed by atoms with van der Waals surface area (Å²) >= 11 is 1.51. The summed E-state index contributed by atoms with van der Waals surface area (Å²) in [5.74, 6) is -1.15.